The lowest BCUT2D eigenvalue weighted by Gasteiger charge is -2.14. The summed E-state index contributed by atoms with van der Waals surface area (Å²) < 4.78 is 1.90. The van der Waals surface area contributed by atoms with Crippen LogP contribution in [0.25, 0.3) is 0 Å². The van der Waals surface area contributed by atoms with Crippen molar-refractivity contribution in [2.45, 2.75) is 59.5 Å². The van der Waals surface area contributed by atoms with Gasteiger partial charge in [-0.2, -0.15) is 0 Å². The van der Waals surface area contributed by atoms with Crippen LogP contribution in [0.1, 0.15) is 70.9 Å². The first kappa shape index (κ1) is 21.1. The van der Waals surface area contributed by atoms with Crippen molar-refractivity contribution in [1.29, 1.82) is 0 Å². The third kappa shape index (κ3) is 3.94. The first-order valence-corrected chi connectivity index (χ1v) is 10.2. The minimum absolute atomic E-state index is 0.0702. The monoisotopic (exact) mass is 415 g/mol. The zero-order valence-electron chi connectivity index (χ0n) is 17.4. The van der Waals surface area contributed by atoms with Crippen molar-refractivity contribution in [3.8, 4) is 0 Å². The predicted molar refractivity (Wildman–Crippen MR) is 114 cm³/mol. The molecule has 0 aliphatic carbocycles. The van der Waals surface area contributed by atoms with Crippen molar-refractivity contribution >= 4 is 34.9 Å². The lowest BCUT2D eigenvalue weighted by Crippen LogP contribution is -2.36. The smallest absolute Gasteiger partial charge is 0.292 e. The molecule has 0 saturated heterocycles. The molecule has 2 amide bonds. The van der Waals surface area contributed by atoms with Gasteiger partial charge in [0.05, 0.1) is 5.56 Å². The Morgan fingerprint density at radius 3 is 2.52 bits per heavy atom. The quantitative estimate of drug-likeness (QED) is 0.566. The molecule has 1 unspecified atom stereocenters. The van der Waals surface area contributed by atoms with E-state index in [2.05, 4.69) is 10.6 Å². The summed E-state index contributed by atoms with van der Waals surface area (Å²) in [7, 11) is 0. The van der Waals surface area contributed by atoms with E-state index in [1.165, 1.54) is 0 Å². The summed E-state index contributed by atoms with van der Waals surface area (Å²) in [6, 6.07) is 5.25. The third-order valence-electron chi connectivity index (χ3n) is 5.29. The van der Waals surface area contributed by atoms with Crippen LogP contribution in [0.15, 0.2) is 18.2 Å². The summed E-state index contributed by atoms with van der Waals surface area (Å²) >= 11 is 6.17. The molecule has 3 rings (SSSR count). The van der Waals surface area contributed by atoms with Crippen molar-refractivity contribution in [2.75, 3.05) is 5.32 Å². The van der Waals surface area contributed by atoms with Gasteiger partial charge < -0.3 is 15.2 Å². The molecule has 7 heteroatoms. The van der Waals surface area contributed by atoms with Crippen LogP contribution in [0.2, 0.25) is 5.02 Å². The van der Waals surface area contributed by atoms with Crippen molar-refractivity contribution in [3.63, 3.8) is 0 Å². The Hall–Kier alpha value is -2.60. The number of carbonyl (C=O) groups is 3. The lowest BCUT2D eigenvalue weighted by molar-refractivity contribution is -0.117. The van der Waals surface area contributed by atoms with E-state index in [4.69, 9.17) is 11.6 Å². The maximum Gasteiger partial charge on any atom is 0.292 e. The first-order valence-electron chi connectivity index (χ1n) is 9.78. The number of anilines is 1. The van der Waals surface area contributed by atoms with Gasteiger partial charge in [-0.3, -0.25) is 14.4 Å². The number of halogens is 1. The molecule has 0 bridgehead atoms. The SMILES string of the molecule is Cc1ccc(NC(=O)c2c(C)c(C(=O)C(=O)NC(C)C)c3n2C(C)CC3)cc1Cl. The topological polar surface area (TPSA) is 80.2 Å². The molecule has 29 heavy (non-hydrogen) atoms. The molecule has 2 aromatic rings. The maximum atomic E-state index is 13.1. The van der Waals surface area contributed by atoms with Gasteiger partial charge in [0, 0.05) is 28.5 Å². The minimum atomic E-state index is -0.645. The number of rotatable bonds is 5. The summed E-state index contributed by atoms with van der Waals surface area (Å²) in [5.41, 5.74) is 3.55. The van der Waals surface area contributed by atoms with Gasteiger partial charge in [-0.15, -0.1) is 0 Å². The van der Waals surface area contributed by atoms with E-state index >= 15 is 0 Å². The normalized spacial score (nSPS) is 15.3. The Bertz CT molecular complexity index is 1010. The summed E-state index contributed by atoms with van der Waals surface area (Å²) in [6.07, 6.45) is 1.47. The van der Waals surface area contributed by atoms with Crippen molar-refractivity contribution < 1.29 is 14.4 Å². The number of amides is 2. The molecule has 0 radical (unpaired) electrons. The van der Waals surface area contributed by atoms with Crippen LogP contribution < -0.4 is 10.6 Å². The lowest BCUT2D eigenvalue weighted by atomic mass is 10.0. The fourth-order valence-corrected chi connectivity index (χ4v) is 4.04. The third-order valence-corrected chi connectivity index (χ3v) is 5.70. The van der Waals surface area contributed by atoms with Crippen LogP contribution in [0.3, 0.4) is 0 Å². The van der Waals surface area contributed by atoms with Gasteiger partial charge in [-0.05, 0) is 70.7 Å². The van der Waals surface area contributed by atoms with Crippen LogP contribution >= 0.6 is 11.6 Å². The zero-order valence-corrected chi connectivity index (χ0v) is 18.1. The largest absolute Gasteiger partial charge is 0.347 e. The van der Waals surface area contributed by atoms with Crippen LogP contribution in [0.5, 0.6) is 0 Å². The van der Waals surface area contributed by atoms with E-state index in [0.29, 0.717) is 34.0 Å². The number of aromatic nitrogens is 1. The summed E-state index contributed by atoms with van der Waals surface area (Å²) in [6.45, 7) is 9.23. The van der Waals surface area contributed by atoms with Crippen LogP contribution in [-0.4, -0.2) is 28.2 Å². The number of fused-ring (bicyclic) bond motifs is 1. The predicted octanol–water partition coefficient (Wildman–Crippen LogP) is 4.23. The second-order valence-corrected chi connectivity index (χ2v) is 8.34. The number of hydrogen-bond acceptors (Lipinski definition) is 3. The summed E-state index contributed by atoms with van der Waals surface area (Å²) in [5.74, 6) is -1.56. The van der Waals surface area contributed by atoms with Crippen LogP contribution in [0, 0.1) is 13.8 Å². The van der Waals surface area contributed by atoms with Crippen LogP contribution in [0.4, 0.5) is 5.69 Å². The Kier molecular flexibility index (Phi) is 5.85. The van der Waals surface area contributed by atoms with Gasteiger partial charge in [0.25, 0.3) is 17.6 Å². The molecular formula is C22H26ClN3O3. The average Bonchev–Trinajstić information content (AvgIpc) is 3.13. The highest BCUT2D eigenvalue weighted by molar-refractivity contribution is 6.43. The number of nitrogens with zero attached hydrogens (tertiary/aromatic N) is 1. The number of Topliss-reactive ketones (excluding diaryl/α,β-unsaturated/α-hetero) is 1. The Balaban J connectivity index is 2.01. The Morgan fingerprint density at radius 2 is 1.90 bits per heavy atom. The number of nitrogens with one attached hydrogen (secondary N) is 2. The highest BCUT2D eigenvalue weighted by Crippen LogP contribution is 2.36. The van der Waals surface area contributed by atoms with E-state index in [0.717, 1.165) is 17.7 Å². The van der Waals surface area contributed by atoms with E-state index in [1.54, 1.807) is 32.9 Å². The Morgan fingerprint density at radius 1 is 1.21 bits per heavy atom. The summed E-state index contributed by atoms with van der Waals surface area (Å²) in [4.78, 5) is 38.3. The number of ketones is 1. The van der Waals surface area contributed by atoms with Gasteiger partial charge in [0.2, 0.25) is 0 Å². The van der Waals surface area contributed by atoms with E-state index < -0.39 is 11.7 Å². The minimum Gasteiger partial charge on any atom is -0.347 e. The molecule has 2 heterocycles. The number of hydrogen-bond donors (Lipinski definition) is 2. The maximum absolute atomic E-state index is 13.1. The molecule has 1 aromatic carbocycles. The van der Waals surface area contributed by atoms with E-state index in [1.807, 2.05) is 24.5 Å². The second-order valence-electron chi connectivity index (χ2n) is 7.93. The molecule has 0 saturated carbocycles. The molecule has 1 atom stereocenters. The fraction of sp³-hybridized carbons (Fsp3) is 0.409. The molecule has 154 valence electrons. The molecule has 1 aliphatic heterocycles. The van der Waals surface area contributed by atoms with Crippen molar-refractivity contribution in [3.05, 3.63) is 51.3 Å². The highest BCUT2D eigenvalue weighted by atomic mass is 35.5. The molecule has 6 nitrogen and oxygen atoms in total. The highest BCUT2D eigenvalue weighted by Gasteiger charge is 2.35. The molecule has 1 aliphatic rings. The van der Waals surface area contributed by atoms with Crippen LogP contribution in [-0.2, 0) is 11.2 Å². The zero-order chi connectivity index (χ0) is 21.5. The average molecular weight is 416 g/mol. The van der Waals surface area contributed by atoms with Gasteiger partial charge in [0.1, 0.15) is 5.69 Å². The van der Waals surface area contributed by atoms with Gasteiger partial charge in [-0.25, -0.2) is 0 Å². The molecule has 1 aromatic heterocycles. The fourth-order valence-electron chi connectivity index (χ4n) is 3.86. The van der Waals surface area contributed by atoms with Gasteiger partial charge >= 0.3 is 0 Å². The molecule has 2 N–H and O–H groups in total. The van der Waals surface area contributed by atoms with Gasteiger partial charge in [-0.1, -0.05) is 17.7 Å². The molecular weight excluding hydrogens is 390 g/mol. The summed E-state index contributed by atoms with van der Waals surface area (Å²) in [5, 5.41) is 6.09. The van der Waals surface area contributed by atoms with Crippen molar-refractivity contribution in [1.82, 2.24) is 9.88 Å². The first-order chi connectivity index (χ1) is 13.6. The standard InChI is InChI=1S/C22H26ClN3O3/c1-11(2)24-22(29)20(27)18-14(5)19(26-13(4)7-9-17(18)26)21(28)25-15-8-6-12(3)16(23)10-15/h6,8,10-11,13H,7,9H2,1-5H3,(H,24,29)(H,25,28). The van der Waals surface area contributed by atoms with Gasteiger partial charge in [0.15, 0.2) is 0 Å². The van der Waals surface area contributed by atoms with E-state index in [9.17, 15) is 14.4 Å². The molecule has 0 spiro atoms. The number of aryl methyl sites for hydroxylation is 1. The molecule has 0 fully saturated rings. The van der Waals surface area contributed by atoms with Crippen molar-refractivity contribution in [2.24, 2.45) is 0 Å². The second kappa shape index (κ2) is 8.03. The van der Waals surface area contributed by atoms with E-state index in [-0.39, 0.29) is 18.0 Å². The number of benzene rings is 1. The Labute approximate surface area is 175 Å². The number of carbonyl (C=O) groups excluding carboxylic acids is 3.